The van der Waals surface area contributed by atoms with Crippen LogP contribution in [0.5, 0.6) is 0 Å². The Bertz CT molecular complexity index is 719. The molecule has 1 aliphatic carbocycles. The van der Waals surface area contributed by atoms with Crippen molar-refractivity contribution in [3.8, 4) is 0 Å². The minimum absolute atomic E-state index is 0.0763. The van der Waals surface area contributed by atoms with Crippen LogP contribution in [0.25, 0.3) is 11.0 Å². The van der Waals surface area contributed by atoms with Gasteiger partial charge in [0.15, 0.2) is 11.3 Å². The number of nitrogens with zero attached hydrogens (tertiary/aromatic N) is 4. The third-order valence-electron chi connectivity index (χ3n) is 3.86. The molecule has 0 aromatic carbocycles. The van der Waals surface area contributed by atoms with Crippen LogP contribution in [0.2, 0.25) is 0 Å². The number of nitrogens with one attached hydrogen (secondary N) is 1. The van der Waals surface area contributed by atoms with Gasteiger partial charge in [0, 0.05) is 7.05 Å². The number of methoxy groups -OCH3 is 1. The third kappa shape index (κ3) is 2.27. The molecule has 1 fully saturated rings. The van der Waals surface area contributed by atoms with Gasteiger partial charge in [0.1, 0.15) is 24.4 Å². The number of hydrogen-bond acceptors (Lipinski definition) is 7. The van der Waals surface area contributed by atoms with Gasteiger partial charge < -0.3 is 15.2 Å². The molecule has 2 N–H and O–H groups in total. The van der Waals surface area contributed by atoms with Gasteiger partial charge in [-0.25, -0.2) is 23.8 Å². The second-order valence-corrected chi connectivity index (χ2v) is 5.22. The quantitative estimate of drug-likeness (QED) is 0.792. The molecule has 0 spiro atoms. The standard InChI is InChI=1S/C13H16FN5O3/c1-19-12-8(9(18-19)13(21)22-2)11(15-5-16-12)17-7-4-3-6(14)10(7)20/h5-7,10,20H,3-4H2,1-2H3,(H,15,16,17)/t6-,7+,10+/m0/s1. The number of halogens is 1. The smallest absolute Gasteiger partial charge is 0.359 e. The van der Waals surface area contributed by atoms with E-state index in [4.69, 9.17) is 4.74 Å². The molecule has 3 atom stereocenters. The Morgan fingerprint density at radius 1 is 1.50 bits per heavy atom. The van der Waals surface area contributed by atoms with E-state index in [0.29, 0.717) is 23.3 Å². The molecule has 118 valence electrons. The maximum Gasteiger partial charge on any atom is 0.359 e. The number of aliphatic hydroxyl groups is 1. The van der Waals surface area contributed by atoms with Gasteiger partial charge in [-0.2, -0.15) is 5.10 Å². The molecule has 0 bridgehead atoms. The summed E-state index contributed by atoms with van der Waals surface area (Å²) in [4.78, 5) is 20.1. The molecular weight excluding hydrogens is 293 g/mol. The molecule has 9 heteroatoms. The van der Waals surface area contributed by atoms with E-state index < -0.39 is 24.3 Å². The lowest BCUT2D eigenvalue weighted by molar-refractivity contribution is 0.0595. The highest BCUT2D eigenvalue weighted by atomic mass is 19.1. The van der Waals surface area contributed by atoms with E-state index in [1.165, 1.54) is 18.1 Å². The molecule has 22 heavy (non-hydrogen) atoms. The fourth-order valence-corrected chi connectivity index (χ4v) is 2.70. The minimum atomic E-state index is -1.26. The number of anilines is 1. The normalized spacial score (nSPS) is 24.6. The van der Waals surface area contributed by atoms with Gasteiger partial charge in [0.2, 0.25) is 0 Å². The van der Waals surface area contributed by atoms with Crippen molar-refractivity contribution in [2.75, 3.05) is 12.4 Å². The monoisotopic (exact) mass is 309 g/mol. The van der Waals surface area contributed by atoms with Crippen LogP contribution in [0.3, 0.4) is 0 Å². The zero-order valence-corrected chi connectivity index (χ0v) is 12.2. The summed E-state index contributed by atoms with van der Waals surface area (Å²) >= 11 is 0. The van der Waals surface area contributed by atoms with Gasteiger partial charge in [0.25, 0.3) is 0 Å². The van der Waals surface area contributed by atoms with Crippen LogP contribution >= 0.6 is 0 Å². The fraction of sp³-hybridized carbons (Fsp3) is 0.538. The van der Waals surface area contributed by atoms with E-state index in [1.807, 2.05) is 0 Å². The second kappa shape index (κ2) is 5.48. The predicted octanol–water partition coefficient (Wildman–Crippen LogP) is 0.423. The highest BCUT2D eigenvalue weighted by molar-refractivity contribution is 6.05. The van der Waals surface area contributed by atoms with Gasteiger partial charge in [-0.15, -0.1) is 0 Å². The van der Waals surface area contributed by atoms with E-state index >= 15 is 0 Å². The van der Waals surface area contributed by atoms with Crippen molar-refractivity contribution in [1.82, 2.24) is 19.7 Å². The van der Waals surface area contributed by atoms with Crippen molar-refractivity contribution in [1.29, 1.82) is 0 Å². The first kappa shape index (κ1) is 14.6. The van der Waals surface area contributed by atoms with Crippen LogP contribution in [0.1, 0.15) is 23.3 Å². The largest absolute Gasteiger partial charge is 0.464 e. The van der Waals surface area contributed by atoms with Crippen LogP contribution in [0.15, 0.2) is 6.33 Å². The molecule has 0 saturated heterocycles. The molecule has 2 aromatic heterocycles. The van der Waals surface area contributed by atoms with Crippen LogP contribution in [0.4, 0.5) is 10.2 Å². The Labute approximate surface area is 125 Å². The van der Waals surface area contributed by atoms with Gasteiger partial charge in [-0.3, -0.25) is 0 Å². The van der Waals surface area contributed by atoms with Crippen LogP contribution in [0, 0.1) is 0 Å². The molecule has 0 unspecified atom stereocenters. The zero-order chi connectivity index (χ0) is 15.9. The highest BCUT2D eigenvalue weighted by Gasteiger charge is 2.35. The second-order valence-electron chi connectivity index (χ2n) is 5.22. The number of alkyl halides is 1. The summed E-state index contributed by atoms with van der Waals surface area (Å²) in [6.07, 6.45) is -0.292. The molecular formula is C13H16FN5O3. The Hall–Kier alpha value is -2.29. The van der Waals surface area contributed by atoms with Gasteiger partial charge >= 0.3 is 5.97 Å². The summed E-state index contributed by atoms with van der Waals surface area (Å²) < 4.78 is 19.6. The first-order valence-corrected chi connectivity index (χ1v) is 6.87. The van der Waals surface area contributed by atoms with Gasteiger partial charge in [-0.1, -0.05) is 0 Å². The molecule has 8 nitrogen and oxygen atoms in total. The van der Waals surface area contributed by atoms with E-state index in [9.17, 15) is 14.3 Å². The van der Waals surface area contributed by atoms with Crippen LogP contribution in [-0.2, 0) is 11.8 Å². The van der Waals surface area contributed by atoms with E-state index in [-0.39, 0.29) is 12.1 Å². The third-order valence-corrected chi connectivity index (χ3v) is 3.86. The Morgan fingerprint density at radius 3 is 2.91 bits per heavy atom. The van der Waals surface area contributed by atoms with E-state index in [1.54, 1.807) is 7.05 Å². The predicted molar refractivity (Wildman–Crippen MR) is 75.2 cm³/mol. The number of fused-ring (bicyclic) bond motifs is 1. The molecule has 0 radical (unpaired) electrons. The number of carbonyl (C=O) groups is 1. The Morgan fingerprint density at radius 2 is 2.27 bits per heavy atom. The SMILES string of the molecule is COC(=O)c1nn(C)c2ncnc(N[C@@H]3CC[C@H](F)[C@H]3O)c12. The van der Waals surface area contributed by atoms with Crippen molar-refractivity contribution in [2.24, 2.45) is 7.05 Å². The first-order chi connectivity index (χ1) is 10.5. The Balaban J connectivity index is 2.04. The van der Waals surface area contributed by atoms with Crippen molar-refractivity contribution in [2.45, 2.75) is 31.2 Å². The average Bonchev–Trinajstić information content (AvgIpc) is 3.02. The number of aryl methyl sites for hydroxylation is 1. The van der Waals surface area contributed by atoms with E-state index in [0.717, 1.165) is 0 Å². The number of esters is 1. The number of aromatic nitrogens is 4. The summed E-state index contributed by atoms with van der Waals surface area (Å²) in [7, 11) is 2.90. The minimum Gasteiger partial charge on any atom is -0.464 e. The van der Waals surface area contributed by atoms with Gasteiger partial charge in [-0.05, 0) is 12.8 Å². The topological polar surface area (TPSA) is 102 Å². The molecule has 1 saturated carbocycles. The number of ether oxygens (including phenoxy) is 1. The molecule has 1 aliphatic rings. The van der Waals surface area contributed by atoms with Crippen molar-refractivity contribution < 1.29 is 19.0 Å². The van der Waals surface area contributed by atoms with Crippen molar-refractivity contribution in [3.63, 3.8) is 0 Å². The molecule has 3 rings (SSSR count). The lowest BCUT2D eigenvalue weighted by Gasteiger charge is -2.18. The van der Waals surface area contributed by atoms with E-state index in [2.05, 4.69) is 20.4 Å². The van der Waals surface area contributed by atoms with Crippen LogP contribution < -0.4 is 5.32 Å². The molecule has 2 aromatic rings. The first-order valence-electron chi connectivity index (χ1n) is 6.87. The summed E-state index contributed by atoms with van der Waals surface area (Å²) in [5, 5.41) is 17.3. The lowest BCUT2D eigenvalue weighted by Crippen LogP contribution is -2.33. The average molecular weight is 309 g/mol. The molecule has 2 heterocycles. The fourth-order valence-electron chi connectivity index (χ4n) is 2.70. The maximum absolute atomic E-state index is 13.4. The maximum atomic E-state index is 13.4. The summed E-state index contributed by atoms with van der Waals surface area (Å²) in [6, 6.07) is -0.473. The number of hydrogen-bond donors (Lipinski definition) is 2. The molecule has 0 aliphatic heterocycles. The zero-order valence-electron chi connectivity index (χ0n) is 12.2. The Kier molecular flexibility index (Phi) is 3.65. The summed E-state index contributed by atoms with van der Waals surface area (Å²) in [5.74, 6) is -0.282. The van der Waals surface area contributed by atoms with Crippen molar-refractivity contribution >= 4 is 22.8 Å². The number of aliphatic hydroxyl groups excluding tert-OH is 1. The number of rotatable bonds is 3. The molecule has 0 amide bonds. The van der Waals surface area contributed by atoms with Gasteiger partial charge in [0.05, 0.1) is 18.5 Å². The lowest BCUT2D eigenvalue weighted by atomic mass is 10.2. The number of carbonyl (C=O) groups excluding carboxylic acids is 1. The van der Waals surface area contributed by atoms with Crippen molar-refractivity contribution in [3.05, 3.63) is 12.0 Å². The summed E-state index contributed by atoms with van der Waals surface area (Å²) in [5.41, 5.74) is 0.523. The van der Waals surface area contributed by atoms with Crippen LogP contribution in [-0.4, -0.2) is 56.3 Å². The summed E-state index contributed by atoms with van der Waals surface area (Å²) in [6.45, 7) is 0. The highest BCUT2D eigenvalue weighted by Crippen LogP contribution is 2.29.